The molecular weight excluding hydrogens is 346 g/mol. The topological polar surface area (TPSA) is 108 Å². The summed E-state index contributed by atoms with van der Waals surface area (Å²) in [5, 5.41) is 17.2. The third-order valence-electron chi connectivity index (χ3n) is 4.99. The van der Waals surface area contributed by atoms with Crippen molar-refractivity contribution in [2.75, 3.05) is 24.2 Å². The third-order valence-corrected chi connectivity index (χ3v) is 6.19. The molecule has 4 rings (SSSR count). The summed E-state index contributed by atoms with van der Waals surface area (Å²) in [6.07, 6.45) is 8.08. The van der Waals surface area contributed by atoms with Crippen molar-refractivity contribution in [3.63, 3.8) is 0 Å². The number of rotatable bonds is 5. The minimum atomic E-state index is 0.276. The zero-order valence-corrected chi connectivity index (χ0v) is 15.6. The van der Waals surface area contributed by atoms with Crippen LogP contribution in [0.2, 0.25) is 0 Å². The van der Waals surface area contributed by atoms with Crippen LogP contribution in [0.5, 0.6) is 0 Å². The fraction of sp³-hybridized carbons (Fsp3) is 0.444. The van der Waals surface area contributed by atoms with Gasteiger partial charge in [0.05, 0.1) is 11.1 Å². The van der Waals surface area contributed by atoms with E-state index in [-0.39, 0.29) is 5.82 Å². The second-order valence-electron chi connectivity index (χ2n) is 6.69. The van der Waals surface area contributed by atoms with E-state index >= 15 is 0 Å². The van der Waals surface area contributed by atoms with Gasteiger partial charge in [-0.3, -0.25) is 5.10 Å². The van der Waals surface area contributed by atoms with Crippen LogP contribution in [0.1, 0.15) is 41.0 Å². The first-order valence-corrected chi connectivity index (χ1v) is 9.70. The highest BCUT2D eigenvalue weighted by Crippen LogP contribution is 2.39. The first kappa shape index (κ1) is 16.8. The number of fused-ring (bicyclic) bond motifs is 3. The molecule has 1 aliphatic rings. The van der Waals surface area contributed by atoms with Crippen molar-refractivity contribution in [2.24, 2.45) is 0 Å². The summed E-state index contributed by atoms with van der Waals surface area (Å²) in [6.45, 7) is 0.834. The van der Waals surface area contributed by atoms with E-state index in [4.69, 9.17) is 11.0 Å². The van der Waals surface area contributed by atoms with Crippen molar-refractivity contribution in [1.82, 2.24) is 20.2 Å². The Morgan fingerprint density at radius 3 is 3.04 bits per heavy atom. The van der Waals surface area contributed by atoms with Crippen molar-refractivity contribution in [1.29, 1.82) is 5.26 Å². The van der Waals surface area contributed by atoms with Gasteiger partial charge in [0.15, 0.2) is 5.82 Å². The lowest BCUT2D eigenvalue weighted by Gasteiger charge is -2.20. The molecule has 0 aromatic carbocycles. The molecule has 3 aromatic heterocycles. The molecule has 134 valence electrons. The van der Waals surface area contributed by atoms with Gasteiger partial charge in [-0.25, -0.2) is 9.97 Å². The van der Waals surface area contributed by atoms with Crippen LogP contribution in [0.4, 0.5) is 11.6 Å². The second-order valence-corrected chi connectivity index (χ2v) is 7.77. The maximum Gasteiger partial charge on any atom is 0.163 e. The van der Waals surface area contributed by atoms with Crippen molar-refractivity contribution < 1.29 is 0 Å². The SMILES string of the molecule is CN(CCCc1[nH]nc(N)c1C#N)c1ncnc2sc3c(c12)CCCC3. The Kier molecular flexibility index (Phi) is 4.47. The molecule has 3 N–H and O–H groups in total. The molecule has 26 heavy (non-hydrogen) atoms. The van der Waals surface area contributed by atoms with Crippen molar-refractivity contribution in [3.05, 3.63) is 28.0 Å². The van der Waals surface area contributed by atoms with E-state index in [1.165, 1.54) is 28.7 Å². The molecule has 3 aromatic rings. The fourth-order valence-corrected chi connectivity index (χ4v) is 4.89. The van der Waals surface area contributed by atoms with Gasteiger partial charge in [-0.15, -0.1) is 11.3 Å². The normalized spacial score (nSPS) is 13.5. The molecule has 0 saturated heterocycles. The molecule has 0 atom stereocenters. The molecule has 0 spiro atoms. The highest BCUT2D eigenvalue weighted by atomic mass is 32.1. The van der Waals surface area contributed by atoms with Gasteiger partial charge in [0.2, 0.25) is 0 Å². The fourth-order valence-electron chi connectivity index (χ4n) is 3.66. The molecule has 0 saturated carbocycles. The molecule has 1 aliphatic carbocycles. The van der Waals surface area contributed by atoms with Crippen LogP contribution in [-0.2, 0) is 19.3 Å². The summed E-state index contributed by atoms with van der Waals surface area (Å²) >= 11 is 1.82. The Labute approximate surface area is 155 Å². The number of aromatic amines is 1. The van der Waals surface area contributed by atoms with E-state index in [0.29, 0.717) is 5.56 Å². The zero-order chi connectivity index (χ0) is 18.1. The predicted molar refractivity (Wildman–Crippen MR) is 103 cm³/mol. The summed E-state index contributed by atoms with van der Waals surface area (Å²) < 4.78 is 0. The van der Waals surface area contributed by atoms with Crippen LogP contribution in [0.25, 0.3) is 10.2 Å². The van der Waals surface area contributed by atoms with Crippen LogP contribution in [0.3, 0.4) is 0 Å². The molecule has 0 aliphatic heterocycles. The van der Waals surface area contributed by atoms with E-state index in [9.17, 15) is 0 Å². The number of nitriles is 1. The Morgan fingerprint density at radius 1 is 1.35 bits per heavy atom. The number of nitrogens with zero attached hydrogens (tertiary/aromatic N) is 5. The quantitative estimate of drug-likeness (QED) is 0.718. The molecule has 0 fully saturated rings. The molecule has 8 heteroatoms. The molecule has 0 bridgehead atoms. The van der Waals surface area contributed by atoms with Gasteiger partial charge in [-0.2, -0.15) is 10.4 Å². The van der Waals surface area contributed by atoms with E-state index in [1.807, 2.05) is 11.3 Å². The lowest BCUT2D eigenvalue weighted by atomic mass is 9.97. The Morgan fingerprint density at radius 2 is 2.19 bits per heavy atom. The highest BCUT2D eigenvalue weighted by Gasteiger charge is 2.21. The Balaban J connectivity index is 1.52. The predicted octanol–water partition coefficient (Wildman–Crippen LogP) is 2.82. The van der Waals surface area contributed by atoms with Crippen molar-refractivity contribution in [2.45, 2.75) is 38.5 Å². The number of hydrogen-bond donors (Lipinski definition) is 2. The van der Waals surface area contributed by atoms with Crippen LogP contribution in [-0.4, -0.2) is 33.8 Å². The first-order valence-electron chi connectivity index (χ1n) is 8.88. The molecular formula is C18H21N7S. The molecule has 0 radical (unpaired) electrons. The maximum atomic E-state index is 9.17. The molecule has 0 amide bonds. The van der Waals surface area contributed by atoms with E-state index in [0.717, 1.165) is 48.6 Å². The number of thiophene rings is 1. The summed E-state index contributed by atoms with van der Waals surface area (Å²) in [4.78, 5) is 13.9. The number of nitrogens with one attached hydrogen (secondary N) is 1. The summed E-state index contributed by atoms with van der Waals surface area (Å²) in [5.74, 6) is 1.29. The number of nitrogens with two attached hydrogens (primary N) is 1. The minimum Gasteiger partial charge on any atom is -0.381 e. The largest absolute Gasteiger partial charge is 0.381 e. The van der Waals surface area contributed by atoms with Gasteiger partial charge in [0.1, 0.15) is 28.6 Å². The number of anilines is 2. The van der Waals surface area contributed by atoms with Crippen LogP contribution in [0, 0.1) is 11.3 Å². The maximum absolute atomic E-state index is 9.17. The van der Waals surface area contributed by atoms with Gasteiger partial charge in [0.25, 0.3) is 0 Å². The van der Waals surface area contributed by atoms with Gasteiger partial charge < -0.3 is 10.6 Å². The number of H-pyrrole nitrogens is 1. The van der Waals surface area contributed by atoms with Gasteiger partial charge >= 0.3 is 0 Å². The van der Waals surface area contributed by atoms with Crippen molar-refractivity contribution >= 4 is 33.2 Å². The zero-order valence-electron chi connectivity index (χ0n) is 14.7. The van der Waals surface area contributed by atoms with Crippen LogP contribution in [0.15, 0.2) is 6.33 Å². The van der Waals surface area contributed by atoms with Crippen molar-refractivity contribution in [3.8, 4) is 6.07 Å². The van der Waals surface area contributed by atoms with Gasteiger partial charge in [-0.1, -0.05) is 0 Å². The van der Waals surface area contributed by atoms with E-state index in [2.05, 4.69) is 38.2 Å². The molecule has 7 nitrogen and oxygen atoms in total. The van der Waals surface area contributed by atoms with Crippen LogP contribution < -0.4 is 10.6 Å². The Bertz CT molecular complexity index is 981. The smallest absolute Gasteiger partial charge is 0.163 e. The van der Waals surface area contributed by atoms with E-state index < -0.39 is 0 Å². The number of aromatic nitrogens is 4. The lowest BCUT2D eigenvalue weighted by Crippen LogP contribution is -2.21. The van der Waals surface area contributed by atoms with Gasteiger partial charge in [0, 0.05) is 18.5 Å². The summed E-state index contributed by atoms with van der Waals surface area (Å²) in [7, 11) is 2.07. The number of hydrogen-bond acceptors (Lipinski definition) is 7. The summed E-state index contributed by atoms with van der Waals surface area (Å²) in [6, 6.07) is 2.12. The van der Waals surface area contributed by atoms with E-state index in [1.54, 1.807) is 6.33 Å². The third kappa shape index (κ3) is 2.88. The standard InChI is InChI=1S/C18H21N7S/c1-25(8-4-6-13-12(9-19)16(20)24-23-13)17-15-11-5-2-3-7-14(11)26-18(15)22-10-21-17/h10H,2-8H2,1H3,(H3,20,23,24). The first-order chi connectivity index (χ1) is 12.7. The van der Waals surface area contributed by atoms with Gasteiger partial charge in [-0.05, 0) is 44.1 Å². The minimum absolute atomic E-state index is 0.276. The average molecular weight is 367 g/mol. The molecule has 3 heterocycles. The lowest BCUT2D eigenvalue weighted by molar-refractivity contribution is 0.699. The second kappa shape index (κ2) is 6.92. The monoisotopic (exact) mass is 367 g/mol. The Hall–Kier alpha value is -2.66. The summed E-state index contributed by atoms with van der Waals surface area (Å²) in [5.41, 5.74) is 8.42. The number of nitrogen functional groups attached to an aromatic ring is 1. The molecule has 0 unspecified atom stereocenters. The van der Waals surface area contributed by atoms with Crippen LogP contribution >= 0.6 is 11.3 Å². The number of aryl methyl sites for hydroxylation is 3. The highest BCUT2D eigenvalue weighted by molar-refractivity contribution is 7.19. The average Bonchev–Trinajstić information content (AvgIpc) is 3.21.